The Morgan fingerprint density at radius 1 is 1.29 bits per heavy atom. The van der Waals surface area contributed by atoms with E-state index in [1.165, 1.54) is 18.4 Å². The molecular formula is C17H27F3IN3O3S. The summed E-state index contributed by atoms with van der Waals surface area (Å²) in [4.78, 5) is 4.02. The number of aliphatic imine (C=N–C) groups is 1. The average Bonchev–Trinajstić information content (AvgIpc) is 2.58. The minimum atomic E-state index is -4.42. The molecule has 0 amide bonds. The first kappa shape index (κ1) is 26.8. The molecule has 0 radical (unpaired) electrons. The highest BCUT2D eigenvalue weighted by Crippen LogP contribution is 2.31. The van der Waals surface area contributed by atoms with Crippen LogP contribution in [-0.4, -0.2) is 52.6 Å². The van der Waals surface area contributed by atoms with Crippen LogP contribution >= 0.6 is 24.0 Å². The van der Waals surface area contributed by atoms with Crippen LogP contribution in [0.2, 0.25) is 0 Å². The van der Waals surface area contributed by atoms with Crippen LogP contribution < -0.4 is 15.4 Å². The van der Waals surface area contributed by atoms with Gasteiger partial charge in [-0.25, -0.2) is 8.42 Å². The summed E-state index contributed by atoms with van der Waals surface area (Å²) in [6.45, 7) is 2.62. The van der Waals surface area contributed by atoms with Crippen molar-refractivity contribution in [1.82, 2.24) is 10.6 Å². The monoisotopic (exact) mass is 537 g/mol. The van der Waals surface area contributed by atoms with Gasteiger partial charge in [0.2, 0.25) is 0 Å². The fourth-order valence-corrected chi connectivity index (χ4v) is 2.85. The Balaban J connectivity index is 0.00000729. The molecule has 1 aromatic rings. The Labute approximate surface area is 181 Å². The zero-order valence-corrected chi connectivity index (χ0v) is 19.2. The number of hydrogen-bond acceptors (Lipinski definition) is 4. The minimum absolute atomic E-state index is 0. The lowest BCUT2D eigenvalue weighted by atomic mass is 10.2. The minimum Gasteiger partial charge on any atom is -0.489 e. The van der Waals surface area contributed by atoms with Crippen molar-refractivity contribution in [2.75, 3.05) is 32.1 Å². The van der Waals surface area contributed by atoms with Crippen molar-refractivity contribution in [2.45, 2.75) is 32.0 Å². The SMILES string of the molecule is CCC(CNC(=NC)NCCCS(C)(=O)=O)Oc1cccc(C(F)(F)F)c1.I. The molecule has 6 nitrogen and oxygen atoms in total. The smallest absolute Gasteiger partial charge is 0.416 e. The lowest BCUT2D eigenvalue weighted by molar-refractivity contribution is -0.137. The predicted octanol–water partition coefficient (Wildman–Crippen LogP) is 3.08. The van der Waals surface area contributed by atoms with E-state index in [2.05, 4.69) is 15.6 Å². The van der Waals surface area contributed by atoms with Crippen LogP contribution in [0.4, 0.5) is 13.2 Å². The molecule has 0 aliphatic carbocycles. The van der Waals surface area contributed by atoms with Crippen molar-refractivity contribution in [2.24, 2.45) is 4.99 Å². The molecule has 0 bridgehead atoms. The lowest BCUT2D eigenvalue weighted by Gasteiger charge is -2.20. The van der Waals surface area contributed by atoms with Crippen molar-refractivity contribution < 1.29 is 26.3 Å². The third-order valence-electron chi connectivity index (χ3n) is 3.62. The van der Waals surface area contributed by atoms with E-state index in [0.29, 0.717) is 31.9 Å². The normalized spacial score (nSPS) is 13.4. The number of benzene rings is 1. The Morgan fingerprint density at radius 2 is 1.96 bits per heavy atom. The highest BCUT2D eigenvalue weighted by molar-refractivity contribution is 14.0. The van der Waals surface area contributed by atoms with Gasteiger partial charge < -0.3 is 15.4 Å². The molecule has 0 spiro atoms. The van der Waals surface area contributed by atoms with Gasteiger partial charge in [-0.3, -0.25) is 4.99 Å². The quantitative estimate of drug-likeness (QED) is 0.219. The number of guanidine groups is 1. The Morgan fingerprint density at radius 3 is 2.50 bits per heavy atom. The number of rotatable bonds is 9. The first-order valence-corrected chi connectivity index (χ1v) is 10.6. The largest absolute Gasteiger partial charge is 0.489 e. The zero-order valence-electron chi connectivity index (χ0n) is 16.0. The van der Waals surface area contributed by atoms with Gasteiger partial charge in [-0.1, -0.05) is 13.0 Å². The van der Waals surface area contributed by atoms with Crippen LogP contribution in [-0.2, 0) is 16.0 Å². The second kappa shape index (κ2) is 12.3. The van der Waals surface area contributed by atoms with Crippen LogP contribution in [0, 0.1) is 0 Å². The van der Waals surface area contributed by atoms with Crippen molar-refractivity contribution in [3.05, 3.63) is 29.8 Å². The molecule has 0 heterocycles. The molecule has 0 aromatic heterocycles. The second-order valence-electron chi connectivity index (χ2n) is 6.04. The molecule has 1 unspecified atom stereocenters. The van der Waals surface area contributed by atoms with Crippen molar-refractivity contribution in [3.63, 3.8) is 0 Å². The van der Waals surface area contributed by atoms with Gasteiger partial charge in [-0.05, 0) is 31.0 Å². The number of ether oxygens (including phenoxy) is 1. The summed E-state index contributed by atoms with van der Waals surface area (Å²) < 4.78 is 66.2. The maximum atomic E-state index is 12.8. The molecule has 0 saturated carbocycles. The van der Waals surface area contributed by atoms with E-state index in [0.717, 1.165) is 12.1 Å². The van der Waals surface area contributed by atoms with Crippen molar-refractivity contribution in [1.29, 1.82) is 0 Å². The fraction of sp³-hybridized carbons (Fsp3) is 0.588. The van der Waals surface area contributed by atoms with Gasteiger partial charge in [0.15, 0.2) is 5.96 Å². The van der Waals surface area contributed by atoms with Gasteiger partial charge in [0.1, 0.15) is 21.7 Å². The summed E-state index contributed by atoms with van der Waals surface area (Å²) in [5, 5.41) is 6.01. The number of nitrogens with zero attached hydrogens (tertiary/aromatic N) is 1. The molecule has 0 fully saturated rings. The molecule has 0 saturated heterocycles. The zero-order chi connectivity index (χ0) is 20.5. The third kappa shape index (κ3) is 10.9. The van der Waals surface area contributed by atoms with E-state index >= 15 is 0 Å². The summed E-state index contributed by atoms with van der Waals surface area (Å²) >= 11 is 0. The Kier molecular flexibility index (Phi) is 11.8. The van der Waals surface area contributed by atoms with E-state index in [4.69, 9.17) is 4.74 Å². The Bertz CT molecular complexity index is 728. The van der Waals surface area contributed by atoms with E-state index in [-0.39, 0.29) is 41.6 Å². The number of nitrogens with one attached hydrogen (secondary N) is 2. The highest BCUT2D eigenvalue weighted by Gasteiger charge is 2.30. The first-order valence-electron chi connectivity index (χ1n) is 8.51. The van der Waals surface area contributed by atoms with Gasteiger partial charge in [-0.15, -0.1) is 24.0 Å². The molecule has 1 atom stereocenters. The molecule has 11 heteroatoms. The van der Waals surface area contributed by atoms with Crippen LogP contribution in [0.5, 0.6) is 5.75 Å². The number of hydrogen-bond donors (Lipinski definition) is 2. The molecule has 0 aliphatic rings. The molecular weight excluding hydrogens is 510 g/mol. The first-order chi connectivity index (χ1) is 12.5. The predicted molar refractivity (Wildman–Crippen MR) is 115 cm³/mol. The number of sulfone groups is 1. The topological polar surface area (TPSA) is 79.8 Å². The fourth-order valence-electron chi connectivity index (χ4n) is 2.18. The molecule has 0 aliphatic heterocycles. The maximum absolute atomic E-state index is 12.8. The summed E-state index contributed by atoms with van der Waals surface area (Å²) in [7, 11) is -1.44. The van der Waals surface area contributed by atoms with Crippen molar-refractivity contribution >= 4 is 39.8 Å². The molecule has 1 rings (SSSR count). The lowest BCUT2D eigenvalue weighted by Crippen LogP contribution is -2.43. The van der Waals surface area contributed by atoms with E-state index in [9.17, 15) is 21.6 Å². The second-order valence-corrected chi connectivity index (χ2v) is 8.30. The maximum Gasteiger partial charge on any atom is 0.416 e. The van der Waals surface area contributed by atoms with Gasteiger partial charge in [-0.2, -0.15) is 13.2 Å². The molecule has 2 N–H and O–H groups in total. The summed E-state index contributed by atoms with van der Waals surface area (Å²) in [6.07, 6.45) is -2.58. The van der Waals surface area contributed by atoms with E-state index in [1.54, 1.807) is 7.05 Å². The van der Waals surface area contributed by atoms with Gasteiger partial charge >= 0.3 is 6.18 Å². The molecule has 1 aromatic carbocycles. The van der Waals surface area contributed by atoms with E-state index < -0.39 is 21.6 Å². The Hall–Kier alpha value is -1.24. The summed E-state index contributed by atoms with van der Waals surface area (Å²) in [5.41, 5.74) is -0.758. The molecule has 162 valence electrons. The standard InChI is InChI=1S/C17H26F3N3O3S.HI/c1-4-14(26-15-8-5-7-13(11-15)17(18,19)20)12-23-16(21-2)22-9-6-10-27(3,24)25;/h5,7-8,11,14H,4,6,9-10,12H2,1-3H3,(H2,21,22,23);1H. The number of halogens is 4. The molecule has 28 heavy (non-hydrogen) atoms. The summed E-state index contributed by atoms with van der Waals surface area (Å²) in [5.74, 6) is 0.692. The summed E-state index contributed by atoms with van der Waals surface area (Å²) in [6, 6.07) is 4.76. The van der Waals surface area contributed by atoms with Gasteiger partial charge in [0.25, 0.3) is 0 Å². The van der Waals surface area contributed by atoms with Crippen molar-refractivity contribution in [3.8, 4) is 5.75 Å². The highest BCUT2D eigenvalue weighted by atomic mass is 127. The van der Waals surface area contributed by atoms with Crippen LogP contribution in [0.3, 0.4) is 0 Å². The van der Waals surface area contributed by atoms with E-state index in [1.807, 2.05) is 6.92 Å². The van der Waals surface area contributed by atoms with Gasteiger partial charge in [0, 0.05) is 19.8 Å². The van der Waals surface area contributed by atoms with Crippen LogP contribution in [0.1, 0.15) is 25.3 Å². The average molecular weight is 537 g/mol. The van der Waals surface area contributed by atoms with Crippen LogP contribution in [0.25, 0.3) is 0 Å². The van der Waals surface area contributed by atoms with Gasteiger partial charge in [0.05, 0.1) is 17.9 Å². The van der Waals surface area contributed by atoms with Crippen LogP contribution in [0.15, 0.2) is 29.3 Å². The third-order valence-corrected chi connectivity index (χ3v) is 4.65. The number of alkyl halides is 3.